The third-order valence-corrected chi connectivity index (χ3v) is 10.4. The van der Waals surface area contributed by atoms with Crippen LogP contribution in [0.5, 0.6) is 0 Å². The van der Waals surface area contributed by atoms with Gasteiger partial charge in [0, 0.05) is 38.2 Å². The van der Waals surface area contributed by atoms with Crippen LogP contribution in [0, 0.1) is 0 Å². The molecule has 0 bridgehead atoms. The number of para-hydroxylation sites is 2. The Hall–Kier alpha value is -7.04. The van der Waals surface area contributed by atoms with Crippen molar-refractivity contribution in [1.82, 2.24) is 14.5 Å². The number of benzene rings is 8. The van der Waals surface area contributed by atoms with Crippen molar-refractivity contribution in [1.29, 1.82) is 0 Å². The van der Waals surface area contributed by atoms with Crippen LogP contribution in [0.3, 0.4) is 0 Å². The number of nitrogens with zero attached hydrogens (tertiary/aromatic N) is 3. The van der Waals surface area contributed by atoms with E-state index in [0.717, 1.165) is 66.6 Å². The summed E-state index contributed by atoms with van der Waals surface area (Å²) in [6, 6.07) is 61.9. The highest BCUT2D eigenvalue weighted by Crippen LogP contribution is 2.43. The number of hydrogen-bond acceptors (Lipinski definition) is 3. The summed E-state index contributed by atoms with van der Waals surface area (Å²) in [6.45, 7) is 0. The van der Waals surface area contributed by atoms with Gasteiger partial charge in [-0.1, -0.05) is 146 Å². The van der Waals surface area contributed by atoms with E-state index in [4.69, 9.17) is 14.4 Å². The van der Waals surface area contributed by atoms with Gasteiger partial charge in [-0.05, 0) is 46.5 Å². The molecule has 0 aliphatic rings. The minimum Gasteiger partial charge on any atom is -0.456 e. The fraction of sp³-hybridized carbons (Fsp3) is 0. The first-order valence-electron chi connectivity index (χ1n) is 17.6. The van der Waals surface area contributed by atoms with Gasteiger partial charge in [0.25, 0.3) is 0 Å². The van der Waals surface area contributed by atoms with Gasteiger partial charge in [-0.3, -0.25) is 0 Å². The molecule has 8 aromatic carbocycles. The van der Waals surface area contributed by atoms with Crippen molar-refractivity contribution in [3.05, 3.63) is 176 Å². The highest BCUT2D eigenvalue weighted by molar-refractivity contribution is 6.20. The quantitative estimate of drug-likeness (QED) is 0.188. The van der Waals surface area contributed by atoms with Gasteiger partial charge < -0.3 is 8.98 Å². The van der Waals surface area contributed by atoms with Crippen molar-refractivity contribution in [2.45, 2.75) is 0 Å². The van der Waals surface area contributed by atoms with Gasteiger partial charge in [-0.2, -0.15) is 0 Å². The summed E-state index contributed by atoms with van der Waals surface area (Å²) in [4.78, 5) is 10.6. The fourth-order valence-electron chi connectivity index (χ4n) is 8.04. The van der Waals surface area contributed by atoms with Crippen molar-refractivity contribution in [3.8, 4) is 39.6 Å². The van der Waals surface area contributed by atoms with Crippen LogP contribution >= 0.6 is 0 Å². The molecule has 0 aliphatic carbocycles. The largest absolute Gasteiger partial charge is 0.456 e. The van der Waals surface area contributed by atoms with E-state index >= 15 is 0 Å². The van der Waals surface area contributed by atoms with E-state index in [9.17, 15) is 0 Å². The minimum atomic E-state index is 0.638. The lowest BCUT2D eigenvalue weighted by Crippen LogP contribution is -1.99. The predicted octanol–water partition coefficient (Wildman–Crippen LogP) is 12.8. The van der Waals surface area contributed by atoms with Gasteiger partial charge >= 0.3 is 0 Å². The molecule has 3 heterocycles. The average Bonchev–Trinajstić information content (AvgIpc) is 3.77. The van der Waals surface area contributed by atoms with Crippen LogP contribution in [-0.4, -0.2) is 14.5 Å². The van der Waals surface area contributed by atoms with Gasteiger partial charge in [-0.25, -0.2) is 9.97 Å². The minimum absolute atomic E-state index is 0.638. The molecule has 0 N–H and O–H groups in total. The fourth-order valence-corrected chi connectivity index (χ4v) is 8.04. The summed E-state index contributed by atoms with van der Waals surface area (Å²) in [5.74, 6) is 0.638. The van der Waals surface area contributed by atoms with Crippen LogP contribution in [0.4, 0.5) is 0 Å². The molecular formula is C48H29N3O. The molecular weight excluding hydrogens is 635 g/mol. The molecule has 4 nitrogen and oxygen atoms in total. The number of furan rings is 1. The summed E-state index contributed by atoms with van der Waals surface area (Å²) in [7, 11) is 0. The zero-order valence-electron chi connectivity index (χ0n) is 28.0. The van der Waals surface area contributed by atoms with Crippen LogP contribution in [0.25, 0.3) is 105 Å². The lowest BCUT2D eigenvalue weighted by Gasteiger charge is -2.15. The maximum absolute atomic E-state index is 6.68. The molecule has 0 saturated carbocycles. The molecule has 0 aliphatic heterocycles. The van der Waals surface area contributed by atoms with Crippen molar-refractivity contribution < 1.29 is 4.42 Å². The molecule has 0 spiro atoms. The van der Waals surface area contributed by atoms with Crippen LogP contribution in [0.2, 0.25) is 0 Å². The summed E-state index contributed by atoms with van der Waals surface area (Å²) in [5, 5.41) is 9.26. The molecule has 3 aromatic heterocycles. The average molecular weight is 664 g/mol. The topological polar surface area (TPSA) is 43.9 Å². The van der Waals surface area contributed by atoms with Crippen molar-refractivity contribution in [3.63, 3.8) is 0 Å². The molecule has 0 atom stereocenters. The first kappa shape index (κ1) is 28.8. The van der Waals surface area contributed by atoms with Crippen LogP contribution in [0.15, 0.2) is 180 Å². The summed E-state index contributed by atoms with van der Waals surface area (Å²) >= 11 is 0. The third kappa shape index (κ3) is 4.34. The van der Waals surface area contributed by atoms with Gasteiger partial charge in [-0.15, -0.1) is 0 Å². The highest BCUT2D eigenvalue weighted by atomic mass is 16.3. The smallest absolute Gasteiger partial charge is 0.160 e. The maximum atomic E-state index is 6.68. The van der Waals surface area contributed by atoms with Crippen LogP contribution in [-0.2, 0) is 0 Å². The van der Waals surface area contributed by atoms with E-state index in [1.807, 2.05) is 18.2 Å². The molecule has 11 rings (SSSR count). The Balaban J connectivity index is 1.27. The van der Waals surface area contributed by atoms with Crippen molar-refractivity contribution >= 4 is 65.3 Å². The van der Waals surface area contributed by atoms with Gasteiger partial charge in [0.2, 0.25) is 0 Å². The molecule has 0 saturated heterocycles. The van der Waals surface area contributed by atoms with Crippen molar-refractivity contribution in [2.75, 3.05) is 0 Å². The van der Waals surface area contributed by atoms with E-state index in [-0.39, 0.29) is 0 Å². The Morgan fingerprint density at radius 3 is 1.96 bits per heavy atom. The number of rotatable bonds is 4. The van der Waals surface area contributed by atoms with Gasteiger partial charge in [0.05, 0.1) is 33.5 Å². The van der Waals surface area contributed by atoms with Crippen molar-refractivity contribution in [2.24, 2.45) is 0 Å². The molecule has 0 fully saturated rings. The maximum Gasteiger partial charge on any atom is 0.160 e. The monoisotopic (exact) mass is 663 g/mol. The molecule has 4 heteroatoms. The Bertz CT molecular complexity index is 3180. The third-order valence-electron chi connectivity index (χ3n) is 10.4. The number of hydrogen-bond donors (Lipinski definition) is 0. The summed E-state index contributed by atoms with van der Waals surface area (Å²) < 4.78 is 9.11. The molecule has 0 unspecified atom stereocenters. The molecule has 0 radical (unpaired) electrons. The van der Waals surface area contributed by atoms with Crippen LogP contribution < -0.4 is 0 Å². The predicted molar refractivity (Wildman–Crippen MR) is 215 cm³/mol. The standard InChI is InChI=1S/C48H29N3O/c1-2-15-32(16-3-1)40-29-41(36-22-12-17-30-13-4-6-18-34(30)36)50-48(49-40)33-27-43(46-39-21-9-11-24-44(39)52-45(46)28-33)51-42-23-10-8-20-37(42)38-26-25-31-14-5-7-19-35(31)47(38)51/h1-29H. The first-order chi connectivity index (χ1) is 25.8. The molecule has 242 valence electrons. The lowest BCUT2D eigenvalue weighted by molar-refractivity contribution is 0.669. The molecule has 11 aromatic rings. The Labute approximate surface area is 298 Å². The second-order valence-corrected chi connectivity index (χ2v) is 13.4. The van der Waals surface area contributed by atoms with E-state index in [0.29, 0.717) is 5.82 Å². The highest BCUT2D eigenvalue weighted by Gasteiger charge is 2.22. The second-order valence-electron chi connectivity index (χ2n) is 13.4. The second kappa shape index (κ2) is 11.2. The lowest BCUT2D eigenvalue weighted by atomic mass is 10.00. The number of aromatic nitrogens is 3. The van der Waals surface area contributed by atoms with Gasteiger partial charge in [0.1, 0.15) is 11.2 Å². The normalized spacial score (nSPS) is 11.8. The Kier molecular flexibility index (Phi) is 6.22. The van der Waals surface area contributed by atoms with E-state index in [1.165, 1.54) is 32.4 Å². The molecule has 52 heavy (non-hydrogen) atoms. The zero-order chi connectivity index (χ0) is 34.2. The Morgan fingerprint density at radius 1 is 0.423 bits per heavy atom. The van der Waals surface area contributed by atoms with Crippen LogP contribution in [0.1, 0.15) is 0 Å². The summed E-state index contributed by atoms with van der Waals surface area (Å²) in [6.07, 6.45) is 0. The van der Waals surface area contributed by atoms with E-state index < -0.39 is 0 Å². The van der Waals surface area contributed by atoms with Gasteiger partial charge in [0.15, 0.2) is 5.82 Å². The SMILES string of the molecule is c1ccc(-c2cc(-c3cccc4ccccc34)nc(-c3cc(-n4c5ccccc5c5ccc6ccccc6c54)c4c(c3)oc3ccccc34)n2)cc1. The summed E-state index contributed by atoms with van der Waals surface area (Å²) in [5.41, 5.74) is 9.68. The Morgan fingerprint density at radius 2 is 1.10 bits per heavy atom. The zero-order valence-corrected chi connectivity index (χ0v) is 28.0. The van der Waals surface area contributed by atoms with E-state index in [2.05, 4.69) is 162 Å². The number of fused-ring (bicyclic) bond motifs is 9. The molecule has 0 amide bonds. The first-order valence-corrected chi connectivity index (χ1v) is 17.6. The van der Waals surface area contributed by atoms with E-state index in [1.54, 1.807) is 0 Å².